The van der Waals surface area contributed by atoms with Gasteiger partial charge in [0.2, 0.25) is 5.91 Å². The van der Waals surface area contributed by atoms with Crippen LogP contribution < -0.4 is 14.8 Å². The lowest BCUT2D eigenvalue weighted by Crippen LogP contribution is -2.36. The van der Waals surface area contributed by atoms with E-state index in [4.69, 9.17) is 14.5 Å². The van der Waals surface area contributed by atoms with Crippen molar-refractivity contribution in [2.24, 2.45) is 0 Å². The number of hydrogen-bond donors (Lipinski definition) is 1. The number of anilines is 1. The highest BCUT2D eigenvalue weighted by atomic mass is 16.5. The van der Waals surface area contributed by atoms with Crippen LogP contribution in [0.1, 0.15) is 29.8 Å². The third kappa shape index (κ3) is 4.74. The highest BCUT2D eigenvalue weighted by molar-refractivity contribution is 6.08. The number of carbonyl (C=O) groups excluding carboxylic acids is 2. The van der Waals surface area contributed by atoms with E-state index in [0.29, 0.717) is 29.9 Å². The molecule has 190 valence electrons. The maximum atomic E-state index is 13.9. The highest BCUT2D eigenvalue weighted by Crippen LogP contribution is 2.33. The molecule has 1 atom stereocenters. The Hall–Kier alpha value is -4.33. The first kappa shape index (κ1) is 24.4. The summed E-state index contributed by atoms with van der Waals surface area (Å²) in [6, 6.07) is 19.2. The molecule has 2 amide bonds. The van der Waals surface area contributed by atoms with Crippen molar-refractivity contribution in [1.29, 1.82) is 0 Å². The molecule has 0 fully saturated rings. The lowest BCUT2D eigenvalue weighted by Gasteiger charge is -2.22. The second-order valence-corrected chi connectivity index (χ2v) is 9.22. The van der Waals surface area contributed by atoms with Gasteiger partial charge in [0.05, 0.1) is 30.3 Å². The fraction of sp³-hybridized carbons (Fsp3) is 0.276. The van der Waals surface area contributed by atoms with Gasteiger partial charge in [-0.25, -0.2) is 4.98 Å². The van der Waals surface area contributed by atoms with Gasteiger partial charge < -0.3 is 24.3 Å². The zero-order valence-electron chi connectivity index (χ0n) is 21.4. The molecule has 5 rings (SSSR count). The Kier molecular flexibility index (Phi) is 6.56. The van der Waals surface area contributed by atoms with Crippen LogP contribution >= 0.6 is 0 Å². The number of rotatable bonds is 7. The number of nitrogens with zero attached hydrogens (tertiary/aromatic N) is 3. The number of carbonyl (C=O) groups is 2. The molecule has 0 aliphatic carbocycles. The predicted molar refractivity (Wildman–Crippen MR) is 143 cm³/mol. The number of likely N-dealkylation sites (N-methyl/N-ethyl adjacent to an activating group) is 1. The van der Waals surface area contributed by atoms with Gasteiger partial charge in [0.25, 0.3) is 5.91 Å². The van der Waals surface area contributed by atoms with Crippen LogP contribution in [0, 0.1) is 0 Å². The average molecular weight is 499 g/mol. The molecule has 0 radical (unpaired) electrons. The van der Waals surface area contributed by atoms with Gasteiger partial charge in [-0.15, -0.1) is 0 Å². The number of aromatic nitrogens is 2. The molecule has 0 unspecified atom stereocenters. The van der Waals surface area contributed by atoms with Gasteiger partial charge in [0.1, 0.15) is 23.4 Å². The van der Waals surface area contributed by atoms with E-state index in [1.165, 1.54) is 6.92 Å². The van der Waals surface area contributed by atoms with Crippen LogP contribution in [0.15, 0.2) is 60.7 Å². The Morgan fingerprint density at radius 2 is 1.97 bits per heavy atom. The van der Waals surface area contributed by atoms with Crippen LogP contribution in [0.3, 0.4) is 0 Å². The fourth-order valence-electron chi connectivity index (χ4n) is 4.95. The molecule has 1 aromatic heterocycles. The van der Waals surface area contributed by atoms with Gasteiger partial charge in [0, 0.05) is 38.2 Å². The summed E-state index contributed by atoms with van der Waals surface area (Å²) in [4.78, 5) is 32.3. The summed E-state index contributed by atoms with van der Waals surface area (Å²) in [5, 5.41) is 2.82. The Labute approximate surface area is 215 Å². The van der Waals surface area contributed by atoms with Crippen LogP contribution in [0.25, 0.3) is 22.4 Å². The van der Waals surface area contributed by atoms with E-state index >= 15 is 0 Å². The van der Waals surface area contributed by atoms with Gasteiger partial charge in [0.15, 0.2) is 0 Å². The van der Waals surface area contributed by atoms with Crippen molar-refractivity contribution >= 4 is 28.5 Å². The van der Waals surface area contributed by atoms with Crippen molar-refractivity contribution in [2.45, 2.75) is 32.9 Å². The van der Waals surface area contributed by atoms with Crippen molar-refractivity contribution in [2.75, 3.05) is 26.0 Å². The van der Waals surface area contributed by atoms with E-state index in [0.717, 1.165) is 40.4 Å². The van der Waals surface area contributed by atoms with Crippen LogP contribution in [-0.4, -0.2) is 53.1 Å². The number of aryl methyl sites for hydroxylation is 1. The molecule has 8 heteroatoms. The SMILES string of the molecule is CCn1c(-c2cccc(OC)c2)nc2cc(NC(C)=O)cc(C(=O)N(C)C[C@H]3Cc4ccccc4O3)c21. The van der Waals surface area contributed by atoms with Crippen molar-refractivity contribution in [3.05, 3.63) is 71.8 Å². The monoisotopic (exact) mass is 498 g/mol. The average Bonchev–Trinajstić information content (AvgIpc) is 3.47. The molecule has 2 heterocycles. The molecule has 0 saturated heterocycles. The van der Waals surface area contributed by atoms with Gasteiger partial charge in [-0.1, -0.05) is 30.3 Å². The van der Waals surface area contributed by atoms with E-state index in [1.807, 2.05) is 54.0 Å². The maximum absolute atomic E-state index is 13.9. The molecule has 8 nitrogen and oxygen atoms in total. The second-order valence-electron chi connectivity index (χ2n) is 9.22. The quantitative estimate of drug-likeness (QED) is 0.397. The first-order valence-electron chi connectivity index (χ1n) is 12.3. The Morgan fingerprint density at radius 3 is 2.70 bits per heavy atom. The van der Waals surface area contributed by atoms with Crippen molar-refractivity contribution < 1.29 is 19.1 Å². The minimum Gasteiger partial charge on any atom is -0.497 e. The summed E-state index contributed by atoms with van der Waals surface area (Å²) < 4.78 is 13.5. The molecule has 0 spiro atoms. The third-order valence-corrected chi connectivity index (χ3v) is 6.57. The summed E-state index contributed by atoms with van der Waals surface area (Å²) in [6.45, 7) is 4.50. The third-order valence-electron chi connectivity index (χ3n) is 6.57. The van der Waals surface area contributed by atoms with Crippen LogP contribution in [0.5, 0.6) is 11.5 Å². The van der Waals surface area contributed by atoms with Crippen molar-refractivity contribution in [1.82, 2.24) is 14.5 Å². The molecule has 37 heavy (non-hydrogen) atoms. The van der Waals surface area contributed by atoms with E-state index in [9.17, 15) is 9.59 Å². The van der Waals surface area contributed by atoms with Gasteiger partial charge in [-0.3, -0.25) is 9.59 Å². The first-order chi connectivity index (χ1) is 17.9. The van der Waals surface area contributed by atoms with Crippen LogP contribution in [-0.2, 0) is 17.8 Å². The summed E-state index contributed by atoms with van der Waals surface area (Å²) in [7, 11) is 3.40. The number of methoxy groups -OCH3 is 1. The largest absolute Gasteiger partial charge is 0.497 e. The summed E-state index contributed by atoms with van der Waals surface area (Å²) >= 11 is 0. The van der Waals surface area contributed by atoms with E-state index in [2.05, 4.69) is 11.4 Å². The standard InChI is InChI=1S/C29H30N4O4/c1-5-33-27-24(29(35)32(3)17-23-13-19-9-6-7-12-26(19)37-23)15-21(30-18(2)34)16-25(27)31-28(33)20-10-8-11-22(14-20)36-4/h6-12,14-16,23H,5,13,17H2,1-4H3,(H,30,34)/t23-/m1/s1. The second kappa shape index (κ2) is 9.97. The van der Waals surface area contributed by atoms with Crippen LogP contribution in [0.2, 0.25) is 0 Å². The minimum atomic E-state index is -0.217. The summed E-state index contributed by atoms with van der Waals surface area (Å²) in [5.74, 6) is 1.94. The topological polar surface area (TPSA) is 85.7 Å². The molecule has 1 N–H and O–H groups in total. The smallest absolute Gasteiger partial charge is 0.256 e. The lowest BCUT2D eigenvalue weighted by molar-refractivity contribution is -0.114. The van der Waals surface area contributed by atoms with Gasteiger partial charge >= 0.3 is 0 Å². The van der Waals surface area contributed by atoms with Gasteiger partial charge in [-0.2, -0.15) is 0 Å². The zero-order valence-corrected chi connectivity index (χ0v) is 21.4. The highest BCUT2D eigenvalue weighted by Gasteiger charge is 2.28. The summed E-state index contributed by atoms with van der Waals surface area (Å²) in [6.07, 6.45) is 0.631. The molecule has 0 bridgehead atoms. The summed E-state index contributed by atoms with van der Waals surface area (Å²) in [5.41, 5.74) is 4.38. The van der Waals surface area contributed by atoms with Crippen molar-refractivity contribution in [3.8, 4) is 22.9 Å². The van der Waals surface area contributed by atoms with E-state index < -0.39 is 0 Å². The number of hydrogen-bond acceptors (Lipinski definition) is 5. The number of amides is 2. The Balaban J connectivity index is 1.55. The molecule has 0 saturated carbocycles. The Morgan fingerprint density at radius 1 is 1.16 bits per heavy atom. The number of para-hydroxylation sites is 1. The van der Waals surface area contributed by atoms with E-state index in [-0.39, 0.29) is 17.9 Å². The molecular weight excluding hydrogens is 468 g/mol. The molecular formula is C29H30N4O4. The number of nitrogens with one attached hydrogen (secondary N) is 1. The number of benzene rings is 3. The first-order valence-corrected chi connectivity index (χ1v) is 12.3. The molecule has 1 aliphatic heterocycles. The fourth-order valence-corrected chi connectivity index (χ4v) is 4.95. The zero-order chi connectivity index (χ0) is 26.1. The predicted octanol–water partition coefficient (Wildman–Crippen LogP) is 4.77. The maximum Gasteiger partial charge on any atom is 0.256 e. The minimum absolute atomic E-state index is 0.121. The number of ether oxygens (including phenoxy) is 2. The number of imidazole rings is 1. The molecule has 3 aromatic carbocycles. The normalized spacial score (nSPS) is 14.2. The molecule has 1 aliphatic rings. The Bertz CT molecular complexity index is 1470. The van der Waals surface area contributed by atoms with E-state index in [1.54, 1.807) is 31.2 Å². The molecule has 4 aromatic rings. The lowest BCUT2D eigenvalue weighted by atomic mass is 10.1. The van der Waals surface area contributed by atoms with Crippen molar-refractivity contribution in [3.63, 3.8) is 0 Å². The van der Waals surface area contributed by atoms with Gasteiger partial charge in [-0.05, 0) is 42.8 Å². The van der Waals surface area contributed by atoms with Crippen LogP contribution in [0.4, 0.5) is 5.69 Å². The number of fused-ring (bicyclic) bond motifs is 2.